The van der Waals surface area contributed by atoms with Crippen LogP contribution in [0, 0.1) is 17.3 Å². The van der Waals surface area contributed by atoms with Gasteiger partial charge in [0, 0.05) is 12.5 Å². The molecule has 3 heteroatoms. The van der Waals surface area contributed by atoms with Crippen molar-refractivity contribution < 1.29 is 4.79 Å². The van der Waals surface area contributed by atoms with Crippen LogP contribution in [0.25, 0.3) is 0 Å². The van der Waals surface area contributed by atoms with Gasteiger partial charge in [0.2, 0.25) is 5.91 Å². The lowest BCUT2D eigenvalue weighted by molar-refractivity contribution is -0.126. The van der Waals surface area contributed by atoms with Gasteiger partial charge in [0.05, 0.1) is 0 Å². The Hall–Kier alpha value is -0.570. The summed E-state index contributed by atoms with van der Waals surface area (Å²) in [7, 11) is 0. The van der Waals surface area contributed by atoms with Crippen LogP contribution in [0.4, 0.5) is 0 Å². The molecule has 18 heavy (non-hydrogen) atoms. The Morgan fingerprint density at radius 2 is 2.00 bits per heavy atom. The maximum Gasteiger partial charge on any atom is 0.220 e. The molecule has 2 rings (SSSR count). The van der Waals surface area contributed by atoms with Crippen LogP contribution >= 0.6 is 0 Å². The standard InChI is InChI=1S/C15H28N2O/c1-11-5-3-6-13(12(11)2)17-14(18)9-15(10-16)7-4-8-15/h11-13H,3-10,16H2,1-2H3,(H,17,18). The van der Waals surface area contributed by atoms with Crippen molar-refractivity contribution in [2.24, 2.45) is 23.0 Å². The molecule has 0 aliphatic heterocycles. The minimum atomic E-state index is 0.133. The number of nitrogens with one attached hydrogen (secondary N) is 1. The Morgan fingerprint density at radius 1 is 1.28 bits per heavy atom. The van der Waals surface area contributed by atoms with Crippen molar-refractivity contribution in [1.29, 1.82) is 0 Å². The quantitative estimate of drug-likeness (QED) is 0.807. The van der Waals surface area contributed by atoms with Crippen LogP contribution in [0.5, 0.6) is 0 Å². The first-order chi connectivity index (χ1) is 8.56. The third kappa shape index (κ3) is 2.87. The number of hydrogen-bond donors (Lipinski definition) is 2. The summed E-state index contributed by atoms with van der Waals surface area (Å²) in [5, 5.41) is 3.26. The summed E-state index contributed by atoms with van der Waals surface area (Å²) in [5.41, 5.74) is 5.95. The van der Waals surface area contributed by atoms with E-state index >= 15 is 0 Å². The van der Waals surface area contributed by atoms with Gasteiger partial charge in [-0.25, -0.2) is 0 Å². The second-order valence-corrected chi connectivity index (χ2v) is 6.68. The third-order valence-electron chi connectivity index (χ3n) is 5.44. The van der Waals surface area contributed by atoms with Crippen molar-refractivity contribution >= 4 is 5.91 Å². The van der Waals surface area contributed by atoms with E-state index in [1.807, 2.05) is 0 Å². The van der Waals surface area contributed by atoms with Crippen molar-refractivity contribution in [3.8, 4) is 0 Å². The summed E-state index contributed by atoms with van der Waals surface area (Å²) in [4.78, 5) is 12.2. The SMILES string of the molecule is CC1CCCC(NC(=O)CC2(CN)CCC2)C1C. The first-order valence-corrected chi connectivity index (χ1v) is 7.56. The lowest BCUT2D eigenvalue weighted by Gasteiger charge is -2.41. The van der Waals surface area contributed by atoms with Gasteiger partial charge < -0.3 is 11.1 Å². The van der Waals surface area contributed by atoms with E-state index in [0.717, 1.165) is 25.2 Å². The molecule has 0 aromatic heterocycles. The van der Waals surface area contributed by atoms with E-state index in [0.29, 0.717) is 24.9 Å². The number of carbonyl (C=O) groups excluding carboxylic acids is 1. The first-order valence-electron chi connectivity index (χ1n) is 7.56. The van der Waals surface area contributed by atoms with E-state index in [4.69, 9.17) is 5.73 Å². The third-order valence-corrected chi connectivity index (χ3v) is 5.44. The Labute approximate surface area is 111 Å². The van der Waals surface area contributed by atoms with E-state index in [9.17, 15) is 4.79 Å². The second kappa shape index (κ2) is 5.60. The number of hydrogen-bond acceptors (Lipinski definition) is 2. The minimum Gasteiger partial charge on any atom is -0.353 e. The summed E-state index contributed by atoms with van der Waals surface area (Å²) >= 11 is 0. The molecule has 104 valence electrons. The highest BCUT2D eigenvalue weighted by Crippen LogP contribution is 2.43. The van der Waals surface area contributed by atoms with Gasteiger partial charge >= 0.3 is 0 Å². The van der Waals surface area contributed by atoms with E-state index < -0.39 is 0 Å². The zero-order valence-corrected chi connectivity index (χ0v) is 11.9. The monoisotopic (exact) mass is 252 g/mol. The van der Waals surface area contributed by atoms with Crippen molar-refractivity contribution in [2.75, 3.05) is 6.54 Å². The molecule has 1 amide bonds. The smallest absolute Gasteiger partial charge is 0.220 e. The van der Waals surface area contributed by atoms with Crippen molar-refractivity contribution in [3.63, 3.8) is 0 Å². The van der Waals surface area contributed by atoms with E-state index in [-0.39, 0.29) is 11.3 Å². The first kappa shape index (κ1) is 13.9. The molecular weight excluding hydrogens is 224 g/mol. The summed E-state index contributed by atoms with van der Waals surface area (Å²) < 4.78 is 0. The molecule has 0 radical (unpaired) electrons. The van der Waals surface area contributed by atoms with Crippen LogP contribution in [0.2, 0.25) is 0 Å². The normalized spacial score (nSPS) is 34.7. The van der Waals surface area contributed by atoms with Crippen molar-refractivity contribution in [2.45, 2.75) is 64.8 Å². The highest BCUT2D eigenvalue weighted by molar-refractivity contribution is 5.77. The van der Waals surface area contributed by atoms with Gasteiger partial charge in [-0.1, -0.05) is 33.1 Å². The molecular formula is C15H28N2O. The van der Waals surface area contributed by atoms with Crippen LogP contribution < -0.4 is 11.1 Å². The van der Waals surface area contributed by atoms with Crippen LogP contribution in [0.15, 0.2) is 0 Å². The van der Waals surface area contributed by atoms with Crippen LogP contribution in [0.3, 0.4) is 0 Å². The largest absolute Gasteiger partial charge is 0.353 e. The summed E-state index contributed by atoms with van der Waals surface area (Å²) in [6.07, 6.45) is 7.84. The molecule has 0 aromatic carbocycles. The van der Waals surface area contributed by atoms with Crippen LogP contribution in [-0.2, 0) is 4.79 Å². The predicted molar refractivity (Wildman–Crippen MR) is 74.1 cm³/mol. The Balaban J connectivity index is 1.83. The van der Waals surface area contributed by atoms with Gasteiger partial charge in [0.25, 0.3) is 0 Å². The van der Waals surface area contributed by atoms with Gasteiger partial charge in [-0.05, 0) is 43.1 Å². The molecule has 0 spiro atoms. The molecule has 2 aliphatic rings. The van der Waals surface area contributed by atoms with Crippen LogP contribution in [-0.4, -0.2) is 18.5 Å². The number of rotatable bonds is 4. The van der Waals surface area contributed by atoms with Crippen LogP contribution in [0.1, 0.15) is 58.8 Å². The molecule has 0 saturated heterocycles. The number of amides is 1. The molecule has 0 bridgehead atoms. The molecule has 0 heterocycles. The van der Waals surface area contributed by atoms with Crippen molar-refractivity contribution in [3.05, 3.63) is 0 Å². The average molecular weight is 252 g/mol. The molecule has 2 aliphatic carbocycles. The molecule has 2 fully saturated rings. The fourth-order valence-electron chi connectivity index (χ4n) is 3.51. The predicted octanol–water partition coefficient (Wildman–Crippen LogP) is 2.45. The topological polar surface area (TPSA) is 55.1 Å². The molecule has 0 aromatic rings. The fraction of sp³-hybridized carbons (Fsp3) is 0.933. The van der Waals surface area contributed by atoms with E-state index in [1.165, 1.54) is 19.3 Å². The average Bonchev–Trinajstić information content (AvgIpc) is 2.30. The number of nitrogens with two attached hydrogens (primary N) is 1. The fourth-order valence-corrected chi connectivity index (χ4v) is 3.51. The second-order valence-electron chi connectivity index (χ2n) is 6.68. The molecule has 3 N–H and O–H groups in total. The lowest BCUT2D eigenvalue weighted by Crippen LogP contribution is -2.47. The van der Waals surface area contributed by atoms with E-state index in [1.54, 1.807) is 0 Å². The van der Waals surface area contributed by atoms with E-state index in [2.05, 4.69) is 19.2 Å². The highest BCUT2D eigenvalue weighted by Gasteiger charge is 2.38. The Bertz CT molecular complexity index is 293. The Morgan fingerprint density at radius 3 is 2.56 bits per heavy atom. The van der Waals surface area contributed by atoms with Gasteiger partial charge in [-0.3, -0.25) is 4.79 Å². The van der Waals surface area contributed by atoms with Gasteiger partial charge in [0.15, 0.2) is 0 Å². The molecule has 3 unspecified atom stereocenters. The van der Waals surface area contributed by atoms with Crippen molar-refractivity contribution in [1.82, 2.24) is 5.32 Å². The van der Waals surface area contributed by atoms with Gasteiger partial charge in [-0.15, -0.1) is 0 Å². The van der Waals surface area contributed by atoms with Gasteiger partial charge in [-0.2, -0.15) is 0 Å². The lowest BCUT2D eigenvalue weighted by atomic mass is 9.66. The zero-order chi connectivity index (χ0) is 13.2. The minimum absolute atomic E-state index is 0.133. The maximum absolute atomic E-state index is 12.2. The molecule has 2 saturated carbocycles. The number of carbonyl (C=O) groups is 1. The summed E-state index contributed by atoms with van der Waals surface area (Å²) in [6, 6.07) is 0.385. The summed E-state index contributed by atoms with van der Waals surface area (Å²) in [5.74, 6) is 1.57. The summed E-state index contributed by atoms with van der Waals surface area (Å²) in [6.45, 7) is 5.24. The molecule has 3 atom stereocenters. The zero-order valence-electron chi connectivity index (χ0n) is 11.9. The Kier molecular flexibility index (Phi) is 4.31. The highest BCUT2D eigenvalue weighted by atomic mass is 16.1. The van der Waals surface area contributed by atoms with Gasteiger partial charge in [0.1, 0.15) is 0 Å². The molecule has 3 nitrogen and oxygen atoms in total. The maximum atomic E-state index is 12.2.